The maximum absolute atomic E-state index is 5.94. The van der Waals surface area contributed by atoms with Crippen molar-refractivity contribution in [2.75, 3.05) is 49.1 Å². The highest BCUT2D eigenvalue weighted by Crippen LogP contribution is 2.28. The van der Waals surface area contributed by atoms with Crippen LogP contribution in [0.15, 0.2) is 84.0 Å². The van der Waals surface area contributed by atoms with Gasteiger partial charge in [0.05, 0.1) is 26.5 Å². The number of morpholine rings is 1. The Hall–Kier alpha value is -4.70. The molecule has 0 amide bonds. The van der Waals surface area contributed by atoms with E-state index in [0.29, 0.717) is 62.3 Å². The van der Waals surface area contributed by atoms with E-state index in [-0.39, 0.29) is 0 Å². The van der Waals surface area contributed by atoms with Gasteiger partial charge in [0, 0.05) is 18.8 Å². The van der Waals surface area contributed by atoms with Crippen molar-refractivity contribution in [1.82, 2.24) is 15.0 Å². The Morgan fingerprint density at radius 2 is 1.63 bits per heavy atom. The minimum atomic E-state index is 0.325. The third kappa shape index (κ3) is 6.74. The number of nitrogens with zero attached hydrogens (tertiary/aromatic N) is 5. The Morgan fingerprint density at radius 1 is 0.895 bits per heavy atom. The number of methoxy groups -OCH3 is 1. The predicted molar refractivity (Wildman–Crippen MR) is 148 cm³/mol. The van der Waals surface area contributed by atoms with E-state index in [1.165, 1.54) is 0 Å². The molecule has 1 saturated heterocycles. The van der Waals surface area contributed by atoms with Crippen LogP contribution in [-0.4, -0.2) is 54.6 Å². The zero-order valence-corrected chi connectivity index (χ0v) is 21.1. The van der Waals surface area contributed by atoms with Gasteiger partial charge in [0.15, 0.2) is 11.5 Å². The molecule has 0 spiro atoms. The summed E-state index contributed by atoms with van der Waals surface area (Å²) in [5.74, 6) is 2.58. The molecule has 1 fully saturated rings. The SMILES string of the molecule is COc1cc(/C=N/Nc2nc(Nc3ccccc3)nc(N3CCOCC3)n2)ccc1OCc1ccccc1. The molecule has 1 aliphatic rings. The number of aromatic nitrogens is 3. The van der Waals surface area contributed by atoms with Crippen LogP contribution in [0.2, 0.25) is 0 Å². The Kier molecular flexibility index (Phi) is 8.22. The van der Waals surface area contributed by atoms with E-state index in [4.69, 9.17) is 14.2 Å². The van der Waals surface area contributed by atoms with Gasteiger partial charge in [0.25, 0.3) is 0 Å². The van der Waals surface area contributed by atoms with Gasteiger partial charge >= 0.3 is 0 Å². The highest BCUT2D eigenvalue weighted by atomic mass is 16.5. The number of rotatable bonds is 10. The lowest BCUT2D eigenvalue weighted by Gasteiger charge is -2.27. The van der Waals surface area contributed by atoms with Crippen molar-refractivity contribution in [3.8, 4) is 11.5 Å². The summed E-state index contributed by atoms with van der Waals surface area (Å²) >= 11 is 0. The van der Waals surface area contributed by atoms with Crippen LogP contribution in [0.5, 0.6) is 11.5 Å². The van der Waals surface area contributed by atoms with Crippen LogP contribution >= 0.6 is 0 Å². The number of nitrogens with one attached hydrogen (secondary N) is 2. The van der Waals surface area contributed by atoms with Crippen LogP contribution < -0.4 is 25.1 Å². The molecule has 2 heterocycles. The highest BCUT2D eigenvalue weighted by molar-refractivity contribution is 5.81. The van der Waals surface area contributed by atoms with E-state index in [1.54, 1.807) is 13.3 Å². The Labute approximate surface area is 221 Å². The third-order valence-electron chi connectivity index (χ3n) is 5.75. The third-order valence-corrected chi connectivity index (χ3v) is 5.75. The fourth-order valence-corrected chi connectivity index (χ4v) is 3.81. The van der Waals surface area contributed by atoms with E-state index in [0.717, 1.165) is 16.8 Å². The summed E-state index contributed by atoms with van der Waals surface area (Å²) in [6.45, 7) is 3.12. The van der Waals surface area contributed by atoms with Crippen LogP contribution in [-0.2, 0) is 11.3 Å². The first-order valence-corrected chi connectivity index (χ1v) is 12.3. The Balaban J connectivity index is 1.29. The fraction of sp³-hybridized carbons (Fsp3) is 0.214. The van der Waals surface area contributed by atoms with Gasteiger partial charge in [-0.3, -0.25) is 0 Å². The molecule has 0 saturated carbocycles. The lowest BCUT2D eigenvalue weighted by molar-refractivity contribution is 0.122. The maximum atomic E-state index is 5.94. The summed E-state index contributed by atoms with van der Waals surface area (Å²) in [7, 11) is 1.61. The molecule has 1 aliphatic heterocycles. The highest BCUT2D eigenvalue weighted by Gasteiger charge is 2.17. The van der Waals surface area contributed by atoms with E-state index < -0.39 is 0 Å². The number of benzene rings is 3. The molecule has 194 valence electrons. The van der Waals surface area contributed by atoms with Gasteiger partial charge in [0.2, 0.25) is 17.8 Å². The normalized spacial score (nSPS) is 13.3. The van der Waals surface area contributed by atoms with Crippen molar-refractivity contribution < 1.29 is 14.2 Å². The molecule has 0 radical (unpaired) electrons. The largest absolute Gasteiger partial charge is 0.493 e. The van der Waals surface area contributed by atoms with Crippen molar-refractivity contribution in [3.05, 3.63) is 90.0 Å². The summed E-state index contributed by atoms with van der Waals surface area (Å²) in [6, 6.07) is 25.4. The first-order chi connectivity index (χ1) is 18.8. The monoisotopic (exact) mass is 511 g/mol. The minimum absolute atomic E-state index is 0.325. The standard InChI is InChI=1S/C28H29N7O3/c1-36-25-18-22(12-13-24(25)38-20-21-8-4-2-5-9-21)19-29-34-27-31-26(30-23-10-6-3-7-11-23)32-28(33-27)35-14-16-37-17-15-35/h2-13,18-19H,14-17,20H2,1H3,(H2,30,31,32,33,34)/b29-19+. The summed E-state index contributed by atoms with van der Waals surface area (Å²) in [5.41, 5.74) is 5.72. The first kappa shape index (κ1) is 25.0. The van der Waals surface area contributed by atoms with Gasteiger partial charge in [-0.25, -0.2) is 5.43 Å². The molecule has 0 aliphatic carbocycles. The van der Waals surface area contributed by atoms with Gasteiger partial charge in [-0.2, -0.15) is 20.1 Å². The molecule has 0 unspecified atom stereocenters. The van der Waals surface area contributed by atoms with Gasteiger partial charge < -0.3 is 24.4 Å². The molecule has 38 heavy (non-hydrogen) atoms. The summed E-state index contributed by atoms with van der Waals surface area (Å²) in [5, 5.41) is 7.58. The van der Waals surface area contributed by atoms with Crippen LogP contribution in [0.4, 0.5) is 23.5 Å². The van der Waals surface area contributed by atoms with E-state index in [1.807, 2.05) is 78.9 Å². The molecular weight excluding hydrogens is 482 g/mol. The second-order valence-electron chi connectivity index (χ2n) is 8.43. The van der Waals surface area contributed by atoms with Gasteiger partial charge in [-0.1, -0.05) is 48.5 Å². The number of hydrogen-bond donors (Lipinski definition) is 2. The first-order valence-electron chi connectivity index (χ1n) is 12.3. The number of hydrogen-bond acceptors (Lipinski definition) is 10. The van der Waals surface area contributed by atoms with Crippen molar-refractivity contribution in [2.45, 2.75) is 6.61 Å². The molecule has 10 nitrogen and oxygen atoms in total. The second kappa shape index (κ2) is 12.5. The van der Waals surface area contributed by atoms with E-state index >= 15 is 0 Å². The zero-order chi connectivity index (χ0) is 26.0. The molecule has 10 heteroatoms. The van der Waals surface area contributed by atoms with Crippen molar-refractivity contribution in [1.29, 1.82) is 0 Å². The molecule has 2 N–H and O–H groups in total. The number of anilines is 4. The summed E-state index contributed by atoms with van der Waals surface area (Å²) < 4.78 is 16.9. The summed E-state index contributed by atoms with van der Waals surface area (Å²) in [4.78, 5) is 15.7. The fourth-order valence-electron chi connectivity index (χ4n) is 3.81. The molecule has 4 aromatic rings. The average Bonchev–Trinajstić information content (AvgIpc) is 2.98. The number of para-hydroxylation sites is 1. The Morgan fingerprint density at radius 3 is 2.39 bits per heavy atom. The smallest absolute Gasteiger partial charge is 0.250 e. The molecule has 5 rings (SSSR count). The van der Waals surface area contributed by atoms with Crippen molar-refractivity contribution in [3.63, 3.8) is 0 Å². The molecule has 1 aromatic heterocycles. The van der Waals surface area contributed by atoms with Crippen LogP contribution in [0.25, 0.3) is 0 Å². The molecule has 0 bridgehead atoms. The minimum Gasteiger partial charge on any atom is -0.493 e. The van der Waals surface area contributed by atoms with Crippen LogP contribution in [0.1, 0.15) is 11.1 Å². The quantitative estimate of drug-likeness (QED) is 0.235. The van der Waals surface area contributed by atoms with Gasteiger partial charge in [0.1, 0.15) is 6.61 Å². The molecule has 3 aromatic carbocycles. The molecule has 0 atom stereocenters. The second-order valence-corrected chi connectivity index (χ2v) is 8.43. The van der Waals surface area contributed by atoms with Gasteiger partial charge in [-0.15, -0.1) is 0 Å². The predicted octanol–water partition coefficient (Wildman–Crippen LogP) is 4.49. The van der Waals surface area contributed by atoms with E-state index in [2.05, 4.69) is 35.7 Å². The van der Waals surface area contributed by atoms with E-state index in [9.17, 15) is 0 Å². The van der Waals surface area contributed by atoms with Crippen LogP contribution in [0, 0.1) is 0 Å². The number of hydrazone groups is 1. The lowest BCUT2D eigenvalue weighted by Crippen LogP contribution is -2.37. The average molecular weight is 512 g/mol. The topological polar surface area (TPSA) is 106 Å². The number of ether oxygens (including phenoxy) is 3. The Bertz CT molecular complexity index is 1350. The summed E-state index contributed by atoms with van der Waals surface area (Å²) in [6.07, 6.45) is 1.67. The maximum Gasteiger partial charge on any atom is 0.250 e. The van der Waals surface area contributed by atoms with Crippen molar-refractivity contribution in [2.24, 2.45) is 5.10 Å². The molecular formula is C28H29N7O3. The van der Waals surface area contributed by atoms with Crippen LogP contribution in [0.3, 0.4) is 0 Å². The lowest BCUT2D eigenvalue weighted by atomic mass is 10.2. The van der Waals surface area contributed by atoms with Gasteiger partial charge in [-0.05, 0) is 41.5 Å². The zero-order valence-electron chi connectivity index (χ0n) is 21.1. The van der Waals surface area contributed by atoms with Crippen molar-refractivity contribution >= 4 is 29.7 Å².